The Hall–Kier alpha value is -0.550. The molecule has 0 unspecified atom stereocenters. The third-order valence-corrected chi connectivity index (χ3v) is 1.73. The van der Waals surface area contributed by atoms with Crippen LogP contribution in [0.4, 0.5) is 0 Å². The first-order chi connectivity index (χ1) is 4.27. The highest BCUT2D eigenvalue weighted by atomic mass is 16.5. The summed E-state index contributed by atoms with van der Waals surface area (Å²) in [6.45, 7) is 11.1. The minimum atomic E-state index is 0.338. The second-order valence-corrected chi connectivity index (χ2v) is 2.94. The molecule has 0 radical (unpaired) electrons. The summed E-state index contributed by atoms with van der Waals surface area (Å²) in [6, 6.07) is 0. The van der Waals surface area contributed by atoms with Crippen LogP contribution in [-0.2, 0) is 4.74 Å². The van der Waals surface area contributed by atoms with E-state index >= 15 is 0 Å². The first-order valence-electron chi connectivity index (χ1n) is 3.18. The molecule has 1 fully saturated rings. The summed E-state index contributed by atoms with van der Waals surface area (Å²) >= 11 is 0. The van der Waals surface area contributed by atoms with Gasteiger partial charge in [-0.25, -0.2) is 6.57 Å². The number of hydrogen-bond donors (Lipinski definition) is 0. The molecule has 0 N–H and O–H groups in total. The molecule has 0 amide bonds. The Morgan fingerprint density at radius 2 is 2.33 bits per heavy atom. The van der Waals surface area contributed by atoms with Gasteiger partial charge in [0.15, 0.2) is 0 Å². The van der Waals surface area contributed by atoms with Gasteiger partial charge in [0, 0.05) is 11.8 Å². The zero-order chi connectivity index (χ0) is 6.74. The normalized spacial score (nSPS) is 22.2. The lowest BCUT2D eigenvalue weighted by Gasteiger charge is -2.36. The van der Waals surface area contributed by atoms with E-state index in [0.717, 1.165) is 19.6 Å². The summed E-state index contributed by atoms with van der Waals surface area (Å²) in [5.41, 5.74) is 0.338. The molecule has 0 bridgehead atoms. The van der Waals surface area contributed by atoms with E-state index in [1.54, 1.807) is 0 Å². The van der Waals surface area contributed by atoms with Gasteiger partial charge in [-0.1, -0.05) is 6.92 Å². The second-order valence-electron chi connectivity index (χ2n) is 2.94. The lowest BCUT2D eigenvalue weighted by atomic mass is 9.85. The molecule has 0 aromatic carbocycles. The standard InChI is InChI=1S/C7H11NO/c1-7(3-4-8-2)5-9-6-7/h3-6H2,1H3. The zero-order valence-electron chi connectivity index (χ0n) is 5.68. The highest BCUT2D eigenvalue weighted by Crippen LogP contribution is 2.29. The van der Waals surface area contributed by atoms with Crippen LogP contribution in [0.25, 0.3) is 4.85 Å². The van der Waals surface area contributed by atoms with Crippen molar-refractivity contribution in [2.75, 3.05) is 19.8 Å². The Morgan fingerprint density at radius 3 is 2.67 bits per heavy atom. The molecule has 0 atom stereocenters. The molecule has 50 valence electrons. The number of nitrogens with zero attached hydrogens (tertiary/aromatic N) is 1. The van der Waals surface area contributed by atoms with Crippen LogP contribution in [0.5, 0.6) is 0 Å². The van der Waals surface area contributed by atoms with Crippen molar-refractivity contribution in [2.45, 2.75) is 13.3 Å². The molecule has 0 aromatic rings. The van der Waals surface area contributed by atoms with Crippen molar-refractivity contribution in [1.29, 1.82) is 0 Å². The summed E-state index contributed by atoms with van der Waals surface area (Å²) in [6.07, 6.45) is 0.997. The van der Waals surface area contributed by atoms with Crippen molar-refractivity contribution < 1.29 is 4.74 Å². The molecule has 0 spiro atoms. The fraction of sp³-hybridized carbons (Fsp3) is 0.857. The van der Waals surface area contributed by atoms with Gasteiger partial charge < -0.3 is 9.58 Å². The SMILES string of the molecule is [C-]#[N+]CCC1(C)COC1. The summed E-state index contributed by atoms with van der Waals surface area (Å²) in [4.78, 5) is 3.30. The highest BCUT2D eigenvalue weighted by Gasteiger charge is 2.33. The van der Waals surface area contributed by atoms with Crippen molar-refractivity contribution in [1.82, 2.24) is 0 Å². The Labute approximate surface area is 55.6 Å². The van der Waals surface area contributed by atoms with Crippen LogP contribution in [0.15, 0.2) is 0 Å². The molecule has 1 rings (SSSR count). The summed E-state index contributed by atoms with van der Waals surface area (Å²) in [7, 11) is 0. The van der Waals surface area contributed by atoms with E-state index < -0.39 is 0 Å². The monoisotopic (exact) mass is 125 g/mol. The van der Waals surface area contributed by atoms with E-state index in [1.165, 1.54) is 0 Å². The van der Waals surface area contributed by atoms with Crippen LogP contribution in [-0.4, -0.2) is 19.8 Å². The van der Waals surface area contributed by atoms with E-state index in [9.17, 15) is 0 Å². The van der Waals surface area contributed by atoms with Crippen molar-refractivity contribution in [3.8, 4) is 0 Å². The van der Waals surface area contributed by atoms with Crippen molar-refractivity contribution >= 4 is 0 Å². The number of rotatable bonds is 2. The maximum Gasteiger partial charge on any atom is 0.215 e. The van der Waals surface area contributed by atoms with Gasteiger partial charge in [-0.15, -0.1) is 0 Å². The Bertz CT molecular complexity index is 132. The molecule has 1 saturated heterocycles. The van der Waals surface area contributed by atoms with Crippen LogP contribution in [0.3, 0.4) is 0 Å². The molecule has 1 aliphatic heterocycles. The van der Waals surface area contributed by atoms with Gasteiger partial charge in [-0.05, 0) is 0 Å². The van der Waals surface area contributed by atoms with Crippen LogP contribution in [0.2, 0.25) is 0 Å². The smallest absolute Gasteiger partial charge is 0.215 e. The van der Waals surface area contributed by atoms with Gasteiger partial charge in [0.05, 0.1) is 13.2 Å². The maximum absolute atomic E-state index is 6.57. The molecule has 9 heavy (non-hydrogen) atoms. The highest BCUT2D eigenvalue weighted by molar-refractivity contribution is 4.83. The van der Waals surface area contributed by atoms with E-state index in [0.29, 0.717) is 12.0 Å². The third-order valence-electron chi connectivity index (χ3n) is 1.73. The average molecular weight is 125 g/mol. The fourth-order valence-electron chi connectivity index (χ4n) is 0.921. The van der Waals surface area contributed by atoms with Gasteiger partial charge in [0.2, 0.25) is 6.54 Å². The van der Waals surface area contributed by atoms with Crippen molar-refractivity contribution in [2.24, 2.45) is 5.41 Å². The molecular weight excluding hydrogens is 114 g/mol. The first-order valence-corrected chi connectivity index (χ1v) is 3.18. The molecule has 0 aliphatic carbocycles. The largest absolute Gasteiger partial charge is 0.380 e. The maximum atomic E-state index is 6.57. The lowest BCUT2D eigenvalue weighted by Crippen LogP contribution is -2.40. The predicted molar refractivity (Wildman–Crippen MR) is 35.0 cm³/mol. The summed E-state index contributed by atoms with van der Waals surface area (Å²) < 4.78 is 5.03. The molecule has 1 heterocycles. The van der Waals surface area contributed by atoms with Crippen LogP contribution in [0, 0.1) is 12.0 Å². The van der Waals surface area contributed by atoms with Crippen LogP contribution in [0.1, 0.15) is 13.3 Å². The van der Waals surface area contributed by atoms with Crippen molar-refractivity contribution in [3.05, 3.63) is 11.4 Å². The van der Waals surface area contributed by atoms with Crippen molar-refractivity contribution in [3.63, 3.8) is 0 Å². The third kappa shape index (κ3) is 1.43. The van der Waals surface area contributed by atoms with Gasteiger partial charge in [0.1, 0.15) is 0 Å². The number of ether oxygens (including phenoxy) is 1. The Kier molecular flexibility index (Phi) is 1.73. The van der Waals surface area contributed by atoms with Crippen LogP contribution >= 0.6 is 0 Å². The Balaban J connectivity index is 2.19. The molecular formula is C7H11NO. The fourth-order valence-corrected chi connectivity index (χ4v) is 0.921. The second kappa shape index (κ2) is 2.36. The lowest BCUT2D eigenvalue weighted by molar-refractivity contribution is -0.103. The van der Waals surface area contributed by atoms with Crippen LogP contribution < -0.4 is 0 Å². The van der Waals surface area contributed by atoms with Gasteiger partial charge >= 0.3 is 0 Å². The van der Waals surface area contributed by atoms with E-state index in [4.69, 9.17) is 11.3 Å². The minimum Gasteiger partial charge on any atom is -0.380 e. The zero-order valence-corrected chi connectivity index (χ0v) is 5.68. The molecule has 2 nitrogen and oxygen atoms in total. The number of hydrogen-bond acceptors (Lipinski definition) is 1. The van der Waals surface area contributed by atoms with Gasteiger partial charge in [-0.2, -0.15) is 0 Å². The van der Waals surface area contributed by atoms with Gasteiger partial charge in [-0.3, -0.25) is 0 Å². The molecule has 0 aromatic heterocycles. The summed E-state index contributed by atoms with van der Waals surface area (Å²) in [5, 5.41) is 0. The average Bonchev–Trinajstić information content (AvgIpc) is 1.79. The summed E-state index contributed by atoms with van der Waals surface area (Å²) in [5.74, 6) is 0. The minimum absolute atomic E-state index is 0.338. The first kappa shape index (κ1) is 6.57. The van der Waals surface area contributed by atoms with E-state index in [2.05, 4.69) is 11.8 Å². The topological polar surface area (TPSA) is 13.6 Å². The molecule has 0 saturated carbocycles. The quantitative estimate of drug-likeness (QED) is 0.508. The molecule has 1 aliphatic rings. The van der Waals surface area contributed by atoms with Gasteiger partial charge in [0.25, 0.3) is 0 Å². The Morgan fingerprint density at radius 1 is 1.67 bits per heavy atom. The van der Waals surface area contributed by atoms with E-state index in [1.807, 2.05) is 0 Å². The predicted octanol–water partition coefficient (Wildman–Crippen LogP) is 1.33. The van der Waals surface area contributed by atoms with E-state index in [-0.39, 0.29) is 0 Å². The molecule has 2 heteroatoms.